The van der Waals surface area contributed by atoms with Crippen molar-refractivity contribution in [1.82, 2.24) is 0 Å². The molecule has 0 fully saturated rings. The fourth-order valence-electron chi connectivity index (χ4n) is 10.7. The van der Waals surface area contributed by atoms with Crippen molar-refractivity contribution < 1.29 is 0 Å². The molecule has 0 amide bonds. The lowest BCUT2D eigenvalue weighted by Gasteiger charge is -2.18. The molecule has 604 valence electrons. The molecule has 110 heavy (non-hydrogen) atoms. The molecular weight excluding hydrogens is 1320 g/mol. The Labute approximate surface area is 683 Å². The van der Waals surface area contributed by atoms with Crippen molar-refractivity contribution >= 4 is 21.5 Å². The minimum Gasteiger partial charge on any atom is -0.0683 e. The Morgan fingerprint density at radius 1 is 0.155 bits per heavy atom. The Morgan fingerprint density at radius 2 is 0.418 bits per heavy atom. The Hall–Kier alpha value is -8.84. The van der Waals surface area contributed by atoms with E-state index in [1.807, 2.05) is 178 Å². The van der Waals surface area contributed by atoms with E-state index in [4.69, 9.17) is 0 Å². The summed E-state index contributed by atoms with van der Waals surface area (Å²) in [5.41, 5.74) is 19.0. The van der Waals surface area contributed by atoms with E-state index < -0.39 is 0 Å². The summed E-state index contributed by atoms with van der Waals surface area (Å²) < 4.78 is 0. The molecule has 0 saturated carbocycles. The summed E-state index contributed by atoms with van der Waals surface area (Å²) in [5, 5.41) is 5.40. The van der Waals surface area contributed by atoms with Crippen LogP contribution in [-0.4, -0.2) is 0 Å². The third-order valence-corrected chi connectivity index (χ3v) is 15.6. The van der Waals surface area contributed by atoms with Gasteiger partial charge in [0.25, 0.3) is 0 Å². The first-order valence-corrected chi connectivity index (χ1v) is 43.2. The lowest BCUT2D eigenvalue weighted by Crippen LogP contribution is -1.96. The van der Waals surface area contributed by atoms with Gasteiger partial charge in [0.05, 0.1) is 0 Å². The van der Waals surface area contributed by atoms with E-state index in [1.165, 1.54) is 99.4 Å². The highest BCUT2D eigenvalue weighted by Gasteiger charge is 2.15. The van der Waals surface area contributed by atoms with Gasteiger partial charge in [-0.2, -0.15) is 0 Å². The molecule has 0 radical (unpaired) electrons. The zero-order chi connectivity index (χ0) is 85.2. The predicted octanol–water partition coefficient (Wildman–Crippen LogP) is 38.1. The fraction of sp³-hybridized carbons (Fsp3) is 0.382. The first-order chi connectivity index (χ1) is 53.7. The van der Waals surface area contributed by atoms with Crippen LogP contribution >= 0.6 is 0 Å². The van der Waals surface area contributed by atoms with Crippen LogP contribution in [0.5, 0.6) is 0 Å². The van der Waals surface area contributed by atoms with Crippen molar-refractivity contribution in [3.63, 3.8) is 0 Å². The van der Waals surface area contributed by atoms with Crippen molar-refractivity contribution in [2.45, 2.75) is 285 Å². The van der Waals surface area contributed by atoms with Gasteiger partial charge < -0.3 is 0 Å². The van der Waals surface area contributed by atoms with Crippen LogP contribution in [0, 0.1) is 0 Å². The molecule has 0 bridgehead atoms. The van der Waals surface area contributed by atoms with E-state index >= 15 is 0 Å². The molecular formula is C110H164. The number of fused-ring (bicyclic) bond motifs is 2. The van der Waals surface area contributed by atoms with Crippen molar-refractivity contribution in [1.29, 1.82) is 0 Å². The number of rotatable bonds is 10. The second-order valence-electron chi connectivity index (χ2n) is 24.0. The second kappa shape index (κ2) is 76.9. The van der Waals surface area contributed by atoms with Crippen molar-refractivity contribution in [3.05, 3.63) is 337 Å². The minimum absolute atomic E-state index is 0.483. The van der Waals surface area contributed by atoms with Crippen LogP contribution in [-0.2, 0) is 0 Å². The molecule has 0 atom stereocenters. The van der Waals surface area contributed by atoms with Gasteiger partial charge in [-0.25, -0.2) is 0 Å². The van der Waals surface area contributed by atoms with Gasteiger partial charge in [0, 0.05) is 0 Å². The summed E-state index contributed by atoms with van der Waals surface area (Å²) in [6.07, 6.45) is 0. The standard InChI is InChI=1S/C21H20.2C15H16.2C13H14.C9H12.12C2H6/c1-16(2)21-19(17-10-5-3-6-11-17)14-9-15-20(21)18-12-7-4-8-13-18;1-12(2)14-10-6-7-11-15(14)13-8-4-3-5-9-13;1-12(2)13-8-10-15(11-9-13)14-6-4-3-5-7-14;1-10(2)12-9-5-7-11-6-3-4-8-13(11)12;1-10(2)12-8-7-11-5-3-4-6-13(11)9-12;1-8(2)9-6-4-3-5-7-9;12*1-2/h3-16H,1-2H3;2*3-12H,1-2H3;2*3-10H,1-2H3;3-8H,1-2H3;12*1-2H3. The Bertz CT molecular complexity index is 3760. The summed E-state index contributed by atoms with van der Waals surface area (Å²) in [5.74, 6) is 3.54. The van der Waals surface area contributed by atoms with Gasteiger partial charge in [-0.1, -0.05) is 553 Å². The molecule has 0 saturated heterocycles. The Morgan fingerprint density at radius 3 is 0.791 bits per heavy atom. The first kappa shape index (κ1) is 112. The summed E-state index contributed by atoms with van der Waals surface area (Å²) in [4.78, 5) is 0. The lowest BCUT2D eigenvalue weighted by molar-refractivity contribution is 0.867. The molecule has 0 aliphatic heterocycles. The molecule has 12 rings (SSSR count). The second-order valence-corrected chi connectivity index (χ2v) is 24.0. The molecule has 0 heterocycles. The van der Waals surface area contributed by atoms with Crippen LogP contribution in [0.3, 0.4) is 0 Å². The number of hydrogen-bond donors (Lipinski definition) is 0. The SMILES string of the molecule is CC.CC.CC.CC.CC.CC.CC.CC.CC.CC.CC.CC.CC(C)c1c(-c2ccccc2)cccc1-c1ccccc1.CC(C)c1ccc(-c2ccccc2)cc1.CC(C)c1ccc2ccccc2c1.CC(C)c1cccc2ccccc12.CC(C)c1ccccc1.CC(C)c1ccccc1-c1ccccc1. The normalized spacial score (nSPS) is 9.04. The van der Waals surface area contributed by atoms with Gasteiger partial charge in [-0.15, -0.1) is 0 Å². The molecule has 0 N–H and O–H groups in total. The van der Waals surface area contributed by atoms with E-state index in [0.29, 0.717) is 35.5 Å². The van der Waals surface area contributed by atoms with Crippen LogP contribution in [0.25, 0.3) is 66.1 Å². The van der Waals surface area contributed by atoms with E-state index in [1.54, 1.807) is 0 Å². The molecule has 0 aliphatic carbocycles. The smallest absolute Gasteiger partial charge is 0.0143 e. The maximum Gasteiger partial charge on any atom is -0.0143 e. The quantitative estimate of drug-likeness (QED) is 0.128. The van der Waals surface area contributed by atoms with Gasteiger partial charge in [0.1, 0.15) is 0 Å². The van der Waals surface area contributed by atoms with E-state index in [0.717, 1.165) is 0 Å². The Kier molecular flexibility index (Phi) is 78.4. The van der Waals surface area contributed by atoms with Crippen molar-refractivity contribution in [2.24, 2.45) is 0 Å². The van der Waals surface area contributed by atoms with Crippen molar-refractivity contribution in [2.75, 3.05) is 0 Å². The molecule has 12 aromatic rings. The lowest BCUT2D eigenvalue weighted by atomic mass is 9.86. The molecule has 0 spiro atoms. The summed E-state index contributed by atoms with van der Waals surface area (Å²) in [6, 6.07) is 107. The van der Waals surface area contributed by atoms with Gasteiger partial charge in [-0.3, -0.25) is 0 Å². The molecule has 0 nitrogen and oxygen atoms in total. The molecule has 0 aliphatic rings. The van der Waals surface area contributed by atoms with E-state index in [-0.39, 0.29) is 0 Å². The highest BCUT2D eigenvalue weighted by molar-refractivity contribution is 5.86. The fourth-order valence-corrected chi connectivity index (χ4v) is 10.7. The molecule has 12 aromatic carbocycles. The zero-order valence-electron chi connectivity index (χ0n) is 77.3. The van der Waals surface area contributed by atoms with Gasteiger partial charge in [0.2, 0.25) is 0 Å². The molecule has 0 unspecified atom stereocenters. The summed E-state index contributed by atoms with van der Waals surface area (Å²) in [6.45, 7) is 74.8. The molecule has 0 aromatic heterocycles. The number of hydrogen-bond acceptors (Lipinski definition) is 0. The van der Waals surface area contributed by atoms with E-state index in [9.17, 15) is 0 Å². The van der Waals surface area contributed by atoms with Crippen LogP contribution < -0.4 is 0 Å². The minimum atomic E-state index is 0.483. The first-order valence-electron chi connectivity index (χ1n) is 43.2. The van der Waals surface area contributed by atoms with Gasteiger partial charge in [-0.05, 0) is 135 Å². The zero-order valence-corrected chi connectivity index (χ0v) is 77.3. The predicted molar refractivity (Wildman–Crippen MR) is 516 cm³/mol. The average molecular weight is 1490 g/mol. The average Bonchev–Trinajstić information content (AvgIpc) is 0.793. The maximum absolute atomic E-state index is 2.28. The van der Waals surface area contributed by atoms with E-state index in [2.05, 4.69) is 374 Å². The third kappa shape index (κ3) is 44.1. The Balaban J connectivity index is -0.000000282. The largest absolute Gasteiger partial charge is 0.0683 e. The monoisotopic (exact) mass is 1490 g/mol. The highest BCUT2D eigenvalue weighted by atomic mass is 14.2. The van der Waals surface area contributed by atoms with Gasteiger partial charge >= 0.3 is 0 Å². The maximum atomic E-state index is 2.28. The van der Waals surface area contributed by atoms with Crippen LogP contribution in [0.2, 0.25) is 0 Å². The van der Waals surface area contributed by atoms with Crippen LogP contribution in [0.1, 0.15) is 318 Å². The number of benzene rings is 12. The van der Waals surface area contributed by atoms with Gasteiger partial charge in [0.15, 0.2) is 0 Å². The van der Waals surface area contributed by atoms with Crippen molar-refractivity contribution in [3.8, 4) is 44.5 Å². The topological polar surface area (TPSA) is 0 Å². The third-order valence-electron chi connectivity index (χ3n) is 15.6. The summed E-state index contributed by atoms with van der Waals surface area (Å²) in [7, 11) is 0. The van der Waals surface area contributed by atoms with Crippen LogP contribution in [0.4, 0.5) is 0 Å². The van der Waals surface area contributed by atoms with Crippen LogP contribution in [0.15, 0.2) is 303 Å². The summed E-state index contributed by atoms with van der Waals surface area (Å²) >= 11 is 0. The molecule has 0 heteroatoms. The highest BCUT2D eigenvalue weighted by Crippen LogP contribution is 2.37.